The predicted octanol–water partition coefficient (Wildman–Crippen LogP) is 4.01. The molecule has 0 aliphatic heterocycles. The van der Waals surface area contributed by atoms with E-state index in [1.54, 1.807) is 11.8 Å². The summed E-state index contributed by atoms with van der Waals surface area (Å²) in [6.07, 6.45) is 0.834. The van der Waals surface area contributed by atoms with Crippen LogP contribution in [0.2, 0.25) is 0 Å². The number of carbonyl (C=O) groups excluding carboxylic acids is 2. The van der Waals surface area contributed by atoms with Crippen molar-refractivity contribution in [3.05, 3.63) is 65.2 Å². The number of hydrogen-bond acceptors (Lipinski definition) is 3. The Hall–Kier alpha value is -2.82. The zero-order chi connectivity index (χ0) is 21.4. The highest BCUT2D eigenvalue weighted by atomic mass is 16.5. The van der Waals surface area contributed by atoms with Gasteiger partial charge in [0.15, 0.2) is 6.61 Å². The van der Waals surface area contributed by atoms with Gasteiger partial charge in [0.1, 0.15) is 11.8 Å². The first kappa shape index (κ1) is 22.5. The summed E-state index contributed by atoms with van der Waals surface area (Å²) >= 11 is 0. The first-order chi connectivity index (χ1) is 13.8. The zero-order valence-corrected chi connectivity index (χ0v) is 18.1. The maximum absolute atomic E-state index is 13.0. The van der Waals surface area contributed by atoms with Crippen LogP contribution >= 0.6 is 0 Å². The molecule has 29 heavy (non-hydrogen) atoms. The molecule has 156 valence electrons. The standard InChI is InChI=1S/C24H32N2O3/c1-6-19(4)25-24(28)20(5)26(15-21-12-9-10-17(2)14-21)23(27)16-29-22-13-8-7-11-18(22)3/h7-14,19-20H,6,15-16H2,1-5H3,(H,25,28)/t19-,20+/m0/s1. The Morgan fingerprint density at radius 1 is 1.07 bits per heavy atom. The molecule has 0 aliphatic carbocycles. The summed E-state index contributed by atoms with van der Waals surface area (Å²) in [5.41, 5.74) is 3.06. The fourth-order valence-electron chi connectivity index (χ4n) is 3.00. The van der Waals surface area contributed by atoms with Crippen molar-refractivity contribution in [2.75, 3.05) is 6.61 Å². The topological polar surface area (TPSA) is 58.6 Å². The molecule has 0 unspecified atom stereocenters. The Morgan fingerprint density at radius 2 is 1.79 bits per heavy atom. The van der Waals surface area contributed by atoms with Gasteiger partial charge in [0.2, 0.25) is 5.91 Å². The van der Waals surface area contributed by atoms with E-state index in [1.807, 2.05) is 76.2 Å². The molecule has 0 aliphatic rings. The summed E-state index contributed by atoms with van der Waals surface area (Å²) in [6.45, 7) is 9.92. The molecule has 2 aromatic carbocycles. The third-order valence-corrected chi connectivity index (χ3v) is 5.05. The van der Waals surface area contributed by atoms with Gasteiger partial charge in [-0.05, 0) is 51.3 Å². The van der Waals surface area contributed by atoms with Crippen molar-refractivity contribution >= 4 is 11.8 Å². The Balaban J connectivity index is 2.17. The molecular formula is C24H32N2O3. The van der Waals surface area contributed by atoms with Crippen LogP contribution in [0.5, 0.6) is 5.75 Å². The van der Waals surface area contributed by atoms with Gasteiger partial charge in [0.05, 0.1) is 0 Å². The van der Waals surface area contributed by atoms with Crippen molar-refractivity contribution in [1.29, 1.82) is 0 Å². The van der Waals surface area contributed by atoms with Gasteiger partial charge in [-0.1, -0.05) is 55.0 Å². The van der Waals surface area contributed by atoms with Crippen molar-refractivity contribution in [3.63, 3.8) is 0 Å². The summed E-state index contributed by atoms with van der Waals surface area (Å²) in [5.74, 6) is 0.297. The lowest BCUT2D eigenvalue weighted by molar-refractivity contribution is -0.142. The molecule has 0 fully saturated rings. The quantitative estimate of drug-likeness (QED) is 0.697. The molecule has 2 aromatic rings. The first-order valence-corrected chi connectivity index (χ1v) is 10.2. The Kier molecular flexibility index (Phi) is 8.25. The normalized spacial score (nSPS) is 12.7. The second-order valence-corrected chi connectivity index (χ2v) is 7.56. The molecule has 2 atom stereocenters. The van der Waals surface area contributed by atoms with E-state index >= 15 is 0 Å². The maximum atomic E-state index is 13.0. The largest absolute Gasteiger partial charge is 0.484 e. The van der Waals surface area contributed by atoms with Crippen LogP contribution < -0.4 is 10.1 Å². The molecule has 0 radical (unpaired) electrons. The third-order valence-electron chi connectivity index (χ3n) is 5.05. The maximum Gasteiger partial charge on any atom is 0.261 e. The van der Waals surface area contributed by atoms with E-state index in [0.29, 0.717) is 12.3 Å². The highest BCUT2D eigenvalue weighted by Crippen LogP contribution is 2.17. The van der Waals surface area contributed by atoms with Crippen molar-refractivity contribution in [3.8, 4) is 5.75 Å². The van der Waals surface area contributed by atoms with E-state index in [9.17, 15) is 9.59 Å². The van der Waals surface area contributed by atoms with Crippen molar-refractivity contribution < 1.29 is 14.3 Å². The third kappa shape index (κ3) is 6.63. The van der Waals surface area contributed by atoms with Gasteiger partial charge < -0.3 is 15.0 Å². The van der Waals surface area contributed by atoms with Gasteiger partial charge in [0.25, 0.3) is 5.91 Å². The molecule has 0 bridgehead atoms. The van der Waals surface area contributed by atoms with Crippen molar-refractivity contribution in [2.24, 2.45) is 0 Å². The van der Waals surface area contributed by atoms with Gasteiger partial charge >= 0.3 is 0 Å². The minimum atomic E-state index is -0.600. The van der Waals surface area contributed by atoms with Gasteiger partial charge in [-0.2, -0.15) is 0 Å². The average Bonchev–Trinajstić information content (AvgIpc) is 2.70. The number of nitrogens with zero attached hydrogens (tertiary/aromatic N) is 1. The van der Waals surface area contributed by atoms with Crippen LogP contribution in [0, 0.1) is 13.8 Å². The van der Waals surface area contributed by atoms with E-state index in [1.165, 1.54) is 0 Å². The van der Waals surface area contributed by atoms with Gasteiger partial charge in [-0.3, -0.25) is 9.59 Å². The first-order valence-electron chi connectivity index (χ1n) is 10.2. The number of nitrogens with one attached hydrogen (secondary N) is 1. The van der Waals surface area contributed by atoms with Gasteiger partial charge in [-0.25, -0.2) is 0 Å². The molecule has 0 spiro atoms. The monoisotopic (exact) mass is 396 g/mol. The molecule has 1 N–H and O–H groups in total. The Labute approximate surface area is 174 Å². The number of hydrogen-bond donors (Lipinski definition) is 1. The summed E-state index contributed by atoms with van der Waals surface area (Å²) < 4.78 is 5.75. The Morgan fingerprint density at radius 3 is 2.45 bits per heavy atom. The SMILES string of the molecule is CC[C@H](C)NC(=O)[C@@H](C)N(Cc1cccc(C)c1)C(=O)COc1ccccc1C. The summed E-state index contributed by atoms with van der Waals surface area (Å²) in [7, 11) is 0. The van der Waals surface area contributed by atoms with E-state index in [4.69, 9.17) is 4.74 Å². The van der Waals surface area contributed by atoms with Crippen LogP contribution in [0.15, 0.2) is 48.5 Å². The number of amides is 2. The smallest absolute Gasteiger partial charge is 0.261 e. The second kappa shape index (κ2) is 10.6. The number of ether oxygens (including phenoxy) is 1. The fourth-order valence-corrected chi connectivity index (χ4v) is 3.00. The van der Waals surface area contributed by atoms with Crippen LogP contribution in [-0.2, 0) is 16.1 Å². The lowest BCUT2D eigenvalue weighted by Gasteiger charge is -2.29. The fraction of sp³-hybridized carbons (Fsp3) is 0.417. The highest BCUT2D eigenvalue weighted by Gasteiger charge is 2.27. The molecule has 0 aromatic heterocycles. The highest BCUT2D eigenvalue weighted by molar-refractivity contribution is 5.88. The van der Waals surface area contributed by atoms with Crippen molar-refractivity contribution in [2.45, 2.75) is 59.7 Å². The van der Waals surface area contributed by atoms with Crippen LogP contribution in [0.1, 0.15) is 43.9 Å². The number of rotatable bonds is 9. The number of para-hydroxylation sites is 1. The predicted molar refractivity (Wildman–Crippen MR) is 116 cm³/mol. The van der Waals surface area contributed by atoms with Crippen LogP contribution in [-0.4, -0.2) is 35.4 Å². The summed E-state index contributed by atoms with van der Waals surface area (Å²) in [5, 5.41) is 2.97. The zero-order valence-electron chi connectivity index (χ0n) is 18.1. The van der Waals surface area contributed by atoms with Gasteiger partial charge in [0, 0.05) is 12.6 Å². The van der Waals surface area contributed by atoms with Crippen LogP contribution in [0.25, 0.3) is 0 Å². The van der Waals surface area contributed by atoms with Crippen LogP contribution in [0.4, 0.5) is 0 Å². The summed E-state index contributed by atoms with van der Waals surface area (Å²) in [4.78, 5) is 27.3. The Bertz CT molecular complexity index is 834. The molecular weight excluding hydrogens is 364 g/mol. The minimum absolute atomic E-state index is 0.0593. The van der Waals surface area contributed by atoms with Gasteiger partial charge in [-0.15, -0.1) is 0 Å². The molecule has 5 nitrogen and oxygen atoms in total. The number of benzene rings is 2. The summed E-state index contributed by atoms with van der Waals surface area (Å²) in [6, 6.07) is 15.0. The molecule has 2 amide bonds. The second-order valence-electron chi connectivity index (χ2n) is 7.56. The van der Waals surface area contributed by atoms with E-state index < -0.39 is 6.04 Å². The van der Waals surface area contributed by atoms with Crippen LogP contribution in [0.3, 0.4) is 0 Å². The molecule has 0 saturated heterocycles. The van der Waals surface area contributed by atoms with Crippen molar-refractivity contribution in [1.82, 2.24) is 10.2 Å². The minimum Gasteiger partial charge on any atom is -0.484 e. The molecule has 5 heteroatoms. The lowest BCUT2D eigenvalue weighted by Crippen LogP contribution is -2.50. The average molecular weight is 397 g/mol. The number of aryl methyl sites for hydroxylation is 2. The van der Waals surface area contributed by atoms with E-state index in [-0.39, 0.29) is 24.5 Å². The molecule has 0 heterocycles. The lowest BCUT2D eigenvalue weighted by atomic mass is 10.1. The van der Waals surface area contributed by atoms with E-state index in [2.05, 4.69) is 5.32 Å². The molecule has 2 rings (SSSR count). The van der Waals surface area contributed by atoms with E-state index in [0.717, 1.165) is 23.1 Å². The molecule has 0 saturated carbocycles. The number of carbonyl (C=O) groups is 2.